The first-order valence-corrected chi connectivity index (χ1v) is 6.39. The van der Waals surface area contributed by atoms with Gasteiger partial charge in [-0.1, -0.05) is 46.2 Å². The molecule has 0 amide bonds. The van der Waals surface area contributed by atoms with E-state index >= 15 is 0 Å². The van der Waals surface area contributed by atoms with Gasteiger partial charge in [-0.3, -0.25) is 0 Å². The van der Waals surface area contributed by atoms with E-state index in [9.17, 15) is 5.11 Å². The molecule has 0 spiro atoms. The van der Waals surface area contributed by atoms with Crippen LogP contribution in [-0.2, 0) is 0 Å². The van der Waals surface area contributed by atoms with E-state index in [-0.39, 0.29) is 0 Å². The van der Waals surface area contributed by atoms with Crippen molar-refractivity contribution in [3.05, 3.63) is 29.8 Å². The molecule has 1 aromatic carbocycles. The van der Waals surface area contributed by atoms with E-state index < -0.39 is 0 Å². The predicted molar refractivity (Wildman–Crippen MR) is 69.8 cm³/mol. The quantitative estimate of drug-likeness (QED) is 0.770. The molecule has 90 valence electrons. The van der Waals surface area contributed by atoms with E-state index in [1.54, 1.807) is 12.1 Å². The molecule has 0 aliphatic heterocycles. The van der Waals surface area contributed by atoms with Crippen molar-refractivity contribution in [3.63, 3.8) is 0 Å². The number of hydrogen-bond donors (Lipinski definition) is 1. The molecule has 2 atom stereocenters. The fraction of sp³-hybridized carbons (Fsp3) is 0.600. The Labute approximate surface area is 99.5 Å². The third kappa shape index (κ3) is 3.01. The third-order valence-electron chi connectivity index (χ3n) is 3.61. The zero-order valence-electron chi connectivity index (χ0n) is 10.9. The molecule has 1 rings (SSSR count). The summed E-state index contributed by atoms with van der Waals surface area (Å²) in [4.78, 5) is 0. The molecule has 0 saturated heterocycles. The fourth-order valence-corrected chi connectivity index (χ4v) is 2.73. The first-order chi connectivity index (χ1) is 7.60. The molecule has 0 heterocycles. The molecule has 0 aliphatic carbocycles. The van der Waals surface area contributed by atoms with Crippen molar-refractivity contribution in [3.8, 4) is 5.75 Å². The lowest BCUT2D eigenvalue weighted by atomic mass is 9.76. The summed E-state index contributed by atoms with van der Waals surface area (Å²) < 4.78 is 0. The fourth-order valence-electron chi connectivity index (χ4n) is 2.73. The SMILES string of the molecule is CCC(c1ccc(O)cc1)C(CC)C(C)C. The maximum atomic E-state index is 9.32. The van der Waals surface area contributed by atoms with Gasteiger partial charge in [-0.05, 0) is 41.9 Å². The molecule has 0 saturated carbocycles. The molecule has 1 aromatic rings. The summed E-state index contributed by atoms with van der Waals surface area (Å²) in [6.07, 6.45) is 2.39. The summed E-state index contributed by atoms with van der Waals surface area (Å²) in [6.45, 7) is 9.13. The monoisotopic (exact) mass is 220 g/mol. The molecule has 0 aliphatic rings. The first kappa shape index (κ1) is 13.1. The van der Waals surface area contributed by atoms with Crippen molar-refractivity contribution in [1.82, 2.24) is 0 Å². The van der Waals surface area contributed by atoms with Crippen LogP contribution in [0.15, 0.2) is 24.3 Å². The van der Waals surface area contributed by atoms with E-state index in [0.717, 1.165) is 5.92 Å². The van der Waals surface area contributed by atoms with Gasteiger partial charge in [-0.2, -0.15) is 0 Å². The Bertz CT molecular complexity index is 300. The van der Waals surface area contributed by atoms with Crippen molar-refractivity contribution >= 4 is 0 Å². The molecular weight excluding hydrogens is 196 g/mol. The summed E-state index contributed by atoms with van der Waals surface area (Å²) in [6, 6.07) is 7.72. The molecule has 0 aromatic heterocycles. The molecule has 0 bridgehead atoms. The highest BCUT2D eigenvalue weighted by Crippen LogP contribution is 2.35. The van der Waals surface area contributed by atoms with Crippen LogP contribution in [0.1, 0.15) is 52.0 Å². The number of aromatic hydroxyl groups is 1. The average molecular weight is 220 g/mol. The lowest BCUT2D eigenvalue weighted by molar-refractivity contribution is 0.301. The van der Waals surface area contributed by atoms with Crippen LogP contribution < -0.4 is 0 Å². The van der Waals surface area contributed by atoms with Crippen LogP contribution in [0.5, 0.6) is 5.75 Å². The van der Waals surface area contributed by atoms with Gasteiger partial charge in [0.2, 0.25) is 0 Å². The topological polar surface area (TPSA) is 20.2 Å². The smallest absolute Gasteiger partial charge is 0.115 e. The summed E-state index contributed by atoms with van der Waals surface area (Å²) >= 11 is 0. The number of hydrogen-bond acceptors (Lipinski definition) is 1. The Morgan fingerprint density at radius 2 is 1.56 bits per heavy atom. The molecular formula is C15H24O. The van der Waals surface area contributed by atoms with Crippen LogP contribution in [0.2, 0.25) is 0 Å². The molecule has 1 N–H and O–H groups in total. The lowest BCUT2D eigenvalue weighted by Gasteiger charge is -2.29. The van der Waals surface area contributed by atoms with Crippen molar-refractivity contribution in [1.29, 1.82) is 0 Å². The predicted octanol–water partition coefficient (Wildman–Crippen LogP) is 4.57. The zero-order chi connectivity index (χ0) is 12.1. The van der Waals surface area contributed by atoms with Crippen molar-refractivity contribution < 1.29 is 5.11 Å². The Hall–Kier alpha value is -0.980. The molecule has 0 fully saturated rings. The van der Waals surface area contributed by atoms with Gasteiger partial charge < -0.3 is 5.11 Å². The summed E-state index contributed by atoms with van der Waals surface area (Å²) in [5.41, 5.74) is 1.36. The largest absolute Gasteiger partial charge is 0.508 e. The highest BCUT2D eigenvalue weighted by Gasteiger charge is 2.22. The average Bonchev–Trinajstić information content (AvgIpc) is 2.26. The van der Waals surface area contributed by atoms with Gasteiger partial charge in [-0.25, -0.2) is 0 Å². The van der Waals surface area contributed by atoms with Gasteiger partial charge in [0, 0.05) is 0 Å². The van der Waals surface area contributed by atoms with E-state index in [4.69, 9.17) is 0 Å². The number of rotatable bonds is 5. The van der Waals surface area contributed by atoms with Crippen LogP contribution in [-0.4, -0.2) is 5.11 Å². The van der Waals surface area contributed by atoms with Gasteiger partial charge in [0.05, 0.1) is 0 Å². The summed E-state index contributed by atoms with van der Waals surface area (Å²) in [5.74, 6) is 2.42. The maximum Gasteiger partial charge on any atom is 0.115 e. The minimum atomic E-state index is 0.358. The van der Waals surface area contributed by atoms with E-state index in [1.807, 2.05) is 0 Å². The minimum absolute atomic E-state index is 0.358. The molecule has 1 heteroatoms. The lowest BCUT2D eigenvalue weighted by Crippen LogP contribution is -2.17. The molecule has 16 heavy (non-hydrogen) atoms. The number of benzene rings is 1. The van der Waals surface area contributed by atoms with Gasteiger partial charge >= 0.3 is 0 Å². The van der Waals surface area contributed by atoms with Crippen molar-refractivity contribution in [2.24, 2.45) is 11.8 Å². The Morgan fingerprint density at radius 3 is 1.94 bits per heavy atom. The van der Waals surface area contributed by atoms with Gasteiger partial charge in [-0.15, -0.1) is 0 Å². The Balaban J connectivity index is 2.92. The van der Waals surface area contributed by atoms with Crippen LogP contribution in [0, 0.1) is 11.8 Å². The van der Waals surface area contributed by atoms with Crippen molar-refractivity contribution in [2.75, 3.05) is 0 Å². The van der Waals surface area contributed by atoms with Gasteiger partial charge in [0.25, 0.3) is 0 Å². The van der Waals surface area contributed by atoms with Gasteiger partial charge in [0.15, 0.2) is 0 Å². The number of phenols is 1. The van der Waals surface area contributed by atoms with Gasteiger partial charge in [0.1, 0.15) is 5.75 Å². The van der Waals surface area contributed by atoms with E-state index in [1.165, 1.54) is 18.4 Å². The second-order valence-corrected chi connectivity index (χ2v) is 4.92. The number of phenolic OH excluding ortho intramolecular Hbond substituents is 1. The second kappa shape index (κ2) is 5.93. The maximum absolute atomic E-state index is 9.32. The normalized spacial score (nSPS) is 15.1. The van der Waals surface area contributed by atoms with Crippen LogP contribution in [0.3, 0.4) is 0 Å². The molecule has 1 nitrogen and oxygen atoms in total. The second-order valence-electron chi connectivity index (χ2n) is 4.92. The van der Waals surface area contributed by atoms with E-state index in [2.05, 4.69) is 39.8 Å². The summed E-state index contributed by atoms with van der Waals surface area (Å²) in [7, 11) is 0. The highest BCUT2D eigenvalue weighted by atomic mass is 16.3. The minimum Gasteiger partial charge on any atom is -0.508 e. The van der Waals surface area contributed by atoms with Crippen LogP contribution in [0.4, 0.5) is 0 Å². The molecule has 0 radical (unpaired) electrons. The van der Waals surface area contributed by atoms with Crippen molar-refractivity contribution in [2.45, 2.75) is 46.5 Å². The third-order valence-corrected chi connectivity index (χ3v) is 3.61. The first-order valence-electron chi connectivity index (χ1n) is 6.39. The zero-order valence-corrected chi connectivity index (χ0v) is 10.9. The van der Waals surface area contributed by atoms with Crippen LogP contribution in [0.25, 0.3) is 0 Å². The molecule has 2 unspecified atom stereocenters. The Morgan fingerprint density at radius 1 is 1.00 bits per heavy atom. The van der Waals surface area contributed by atoms with E-state index in [0.29, 0.717) is 17.6 Å². The standard InChI is InChI=1S/C15H24O/c1-5-14(11(3)4)15(6-2)12-7-9-13(16)10-8-12/h7-11,14-16H,5-6H2,1-4H3. The Kier molecular flexibility index (Phi) is 4.85. The highest BCUT2D eigenvalue weighted by molar-refractivity contribution is 5.28. The summed E-state index contributed by atoms with van der Waals surface area (Å²) in [5, 5.41) is 9.32. The van der Waals surface area contributed by atoms with Crippen LogP contribution >= 0.6 is 0 Å².